The molecule has 1 aromatic heterocycles. The van der Waals surface area contributed by atoms with Crippen LogP contribution in [-0.2, 0) is 14.4 Å². The van der Waals surface area contributed by atoms with Crippen LogP contribution in [0.25, 0.3) is 0 Å². The van der Waals surface area contributed by atoms with E-state index in [0.717, 1.165) is 27.3 Å². The van der Waals surface area contributed by atoms with Crippen LogP contribution in [0.15, 0.2) is 60.0 Å². The van der Waals surface area contributed by atoms with Gasteiger partial charge >= 0.3 is 0 Å². The first kappa shape index (κ1) is 19.0. The molecule has 0 saturated carbocycles. The van der Waals surface area contributed by atoms with Crippen LogP contribution in [0.5, 0.6) is 0 Å². The van der Waals surface area contributed by atoms with Gasteiger partial charge in [-0.3, -0.25) is 14.4 Å². The van der Waals surface area contributed by atoms with Gasteiger partial charge in [-0.2, -0.15) is 0 Å². The Morgan fingerprint density at radius 2 is 1.60 bits per heavy atom. The fourth-order valence-corrected chi connectivity index (χ4v) is 5.56. The summed E-state index contributed by atoms with van der Waals surface area (Å²) in [4.78, 5) is 35.6. The van der Waals surface area contributed by atoms with Crippen molar-refractivity contribution in [1.82, 2.24) is 0 Å². The van der Waals surface area contributed by atoms with Crippen molar-refractivity contribution in [1.29, 1.82) is 0 Å². The number of hydroxylamine groups is 1. The normalized spacial score (nSPS) is 23.4. The van der Waals surface area contributed by atoms with E-state index in [4.69, 9.17) is 4.84 Å². The molecule has 3 unspecified atom stereocenters. The molecule has 3 atom stereocenters. The van der Waals surface area contributed by atoms with Crippen molar-refractivity contribution < 1.29 is 14.4 Å². The first-order chi connectivity index (χ1) is 14.5. The summed E-state index contributed by atoms with van der Waals surface area (Å²) in [5, 5.41) is 3.72. The quantitative estimate of drug-likeness (QED) is 0.578. The molecule has 0 radical (unpaired) electrons. The Labute approximate surface area is 179 Å². The Morgan fingerprint density at radius 3 is 2.23 bits per heavy atom. The van der Waals surface area contributed by atoms with E-state index < -0.39 is 12.0 Å². The maximum Gasteiger partial charge on any atom is 0.266 e. The summed E-state index contributed by atoms with van der Waals surface area (Å²) < 4.78 is 0. The van der Waals surface area contributed by atoms with Crippen LogP contribution in [0.1, 0.15) is 27.6 Å². The van der Waals surface area contributed by atoms with Gasteiger partial charge in [-0.15, -0.1) is 11.3 Å². The van der Waals surface area contributed by atoms with E-state index in [2.05, 4.69) is 0 Å². The lowest BCUT2D eigenvalue weighted by Gasteiger charge is -2.28. The molecule has 0 aliphatic carbocycles. The van der Waals surface area contributed by atoms with Crippen LogP contribution < -0.4 is 9.96 Å². The molecule has 2 amide bonds. The van der Waals surface area contributed by atoms with Crippen molar-refractivity contribution in [2.75, 3.05) is 9.96 Å². The monoisotopic (exact) mass is 418 g/mol. The number of carbonyl (C=O) groups excluding carboxylic acids is 2. The minimum Gasteiger partial charge on any atom is -0.273 e. The highest BCUT2D eigenvalue weighted by Gasteiger charge is 2.60. The Bertz CT molecular complexity index is 1100. The van der Waals surface area contributed by atoms with Crippen LogP contribution in [0.3, 0.4) is 0 Å². The predicted molar refractivity (Wildman–Crippen MR) is 117 cm³/mol. The molecule has 3 aromatic rings. The fraction of sp³-hybridized carbons (Fsp3) is 0.250. The molecule has 2 aliphatic heterocycles. The lowest BCUT2D eigenvalue weighted by molar-refractivity contribution is -0.126. The highest BCUT2D eigenvalue weighted by atomic mass is 32.1. The van der Waals surface area contributed by atoms with Gasteiger partial charge in [0.1, 0.15) is 12.0 Å². The molecule has 3 heterocycles. The van der Waals surface area contributed by atoms with E-state index in [1.807, 2.05) is 80.7 Å². The molecule has 2 aliphatic rings. The highest BCUT2D eigenvalue weighted by Crippen LogP contribution is 2.49. The zero-order chi connectivity index (χ0) is 21.0. The van der Waals surface area contributed by atoms with Crippen LogP contribution in [0, 0.1) is 26.7 Å². The SMILES string of the molecule is Cc1cc(C)c(N2C(=O)C3ON(c4ccccc4)C(c4cccs4)C3C2=O)c(C)c1. The van der Waals surface area contributed by atoms with Gasteiger partial charge in [0.15, 0.2) is 6.10 Å². The van der Waals surface area contributed by atoms with Crippen molar-refractivity contribution in [3.8, 4) is 0 Å². The van der Waals surface area contributed by atoms with Gasteiger partial charge in [0.2, 0.25) is 5.91 Å². The molecule has 152 valence electrons. The molecule has 5 nitrogen and oxygen atoms in total. The molecule has 0 N–H and O–H groups in total. The Kier molecular flexibility index (Phi) is 4.49. The van der Waals surface area contributed by atoms with E-state index in [-0.39, 0.29) is 17.9 Å². The standard InChI is InChI=1S/C24H22N2O3S/c1-14-12-15(2)20(16(3)13-14)25-23(27)19-21(18-10-7-11-30-18)26(29-22(19)24(25)28)17-8-5-4-6-9-17/h4-13,19,21-22H,1-3H3. The summed E-state index contributed by atoms with van der Waals surface area (Å²) in [6, 6.07) is 17.3. The number of nitrogens with zero attached hydrogens (tertiary/aromatic N) is 2. The van der Waals surface area contributed by atoms with Crippen LogP contribution in [0.2, 0.25) is 0 Å². The number of hydrogen-bond donors (Lipinski definition) is 0. The molecule has 0 bridgehead atoms. The number of hydrogen-bond acceptors (Lipinski definition) is 5. The summed E-state index contributed by atoms with van der Waals surface area (Å²) in [6.07, 6.45) is -0.829. The van der Waals surface area contributed by atoms with Gasteiger partial charge in [-0.25, -0.2) is 9.96 Å². The lowest BCUT2D eigenvalue weighted by Crippen LogP contribution is -2.38. The molecule has 0 spiro atoms. The number of fused-ring (bicyclic) bond motifs is 1. The maximum absolute atomic E-state index is 13.7. The molecule has 2 saturated heterocycles. The van der Waals surface area contributed by atoms with Crippen LogP contribution in [-0.4, -0.2) is 17.9 Å². The van der Waals surface area contributed by atoms with E-state index in [0.29, 0.717) is 5.69 Å². The average molecular weight is 419 g/mol. The zero-order valence-corrected chi connectivity index (χ0v) is 17.8. The third kappa shape index (κ3) is 2.79. The number of benzene rings is 2. The first-order valence-electron chi connectivity index (χ1n) is 9.97. The van der Waals surface area contributed by atoms with E-state index in [1.165, 1.54) is 4.90 Å². The zero-order valence-electron chi connectivity index (χ0n) is 17.0. The summed E-state index contributed by atoms with van der Waals surface area (Å²) >= 11 is 1.57. The number of carbonyl (C=O) groups is 2. The number of para-hydroxylation sites is 1. The lowest BCUT2D eigenvalue weighted by atomic mass is 9.95. The van der Waals surface area contributed by atoms with Gasteiger partial charge in [0.05, 0.1) is 11.4 Å². The third-order valence-corrected chi connectivity index (χ3v) is 6.76. The molecular formula is C24H22N2O3S. The van der Waals surface area contributed by atoms with E-state index in [1.54, 1.807) is 16.4 Å². The van der Waals surface area contributed by atoms with Gasteiger partial charge in [-0.1, -0.05) is 42.0 Å². The number of anilines is 2. The Hall–Kier alpha value is -2.96. The average Bonchev–Trinajstić information content (AvgIpc) is 3.42. The first-order valence-corrected chi connectivity index (χ1v) is 10.9. The van der Waals surface area contributed by atoms with Crippen molar-refractivity contribution in [3.63, 3.8) is 0 Å². The minimum absolute atomic E-state index is 0.197. The van der Waals surface area contributed by atoms with Crippen molar-refractivity contribution in [2.24, 2.45) is 5.92 Å². The summed E-state index contributed by atoms with van der Waals surface area (Å²) in [5.41, 5.74) is 4.46. The maximum atomic E-state index is 13.7. The molecule has 5 rings (SSSR count). The Balaban J connectivity index is 1.60. The minimum atomic E-state index is -0.829. The topological polar surface area (TPSA) is 49.9 Å². The van der Waals surface area contributed by atoms with Crippen molar-refractivity contribution in [3.05, 3.63) is 81.5 Å². The van der Waals surface area contributed by atoms with Crippen LogP contribution in [0.4, 0.5) is 11.4 Å². The molecule has 30 heavy (non-hydrogen) atoms. The summed E-state index contributed by atoms with van der Waals surface area (Å²) in [7, 11) is 0. The second-order valence-electron chi connectivity index (χ2n) is 7.93. The highest BCUT2D eigenvalue weighted by molar-refractivity contribution is 7.10. The third-order valence-electron chi connectivity index (χ3n) is 5.82. The van der Waals surface area contributed by atoms with Crippen LogP contribution >= 0.6 is 11.3 Å². The van der Waals surface area contributed by atoms with Crippen molar-refractivity contribution >= 4 is 34.5 Å². The largest absolute Gasteiger partial charge is 0.273 e. The van der Waals surface area contributed by atoms with Gasteiger partial charge in [0.25, 0.3) is 5.91 Å². The second kappa shape index (κ2) is 7.07. The second-order valence-corrected chi connectivity index (χ2v) is 8.91. The summed E-state index contributed by atoms with van der Waals surface area (Å²) in [5.74, 6) is -1.08. The number of rotatable bonds is 3. The summed E-state index contributed by atoms with van der Waals surface area (Å²) in [6.45, 7) is 5.90. The molecule has 2 fully saturated rings. The molecular weight excluding hydrogens is 396 g/mol. The Morgan fingerprint density at radius 1 is 0.900 bits per heavy atom. The van der Waals surface area contributed by atoms with Crippen molar-refractivity contribution in [2.45, 2.75) is 32.9 Å². The molecule has 2 aromatic carbocycles. The number of imide groups is 1. The smallest absolute Gasteiger partial charge is 0.266 e. The number of amides is 2. The molecule has 6 heteroatoms. The van der Waals surface area contributed by atoms with E-state index in [9.17, 15) is 9.59 Å². The number of aryl methyl sites for hydroxylation is 3. The van der Waals surface area contributed by atoms with Gasteiger partial charge in [-0.05, 0) is 55.5 Å². The van der Waals surface area contributed by atoms with E-state index >= 15 is 0 Å². The fourth-order valence-electron chi connectivity index (χ4n) is 4.71. The van der Waals surface area contributed by atoms with Gasteiger partial charge < -0.3 is 0 Å². The predicted octanol–water partition coefficient (Wildman–Crippen LogP) is 4.72. The van der Waals surface area contributed by atoms with Gasteiger partial charge in [0, 0.05) is 4.88 Å². The number of thiophene rings is 1.